The molecule has 1 fully saturated rings. The molecule has 21 heavy (non-hydrogen) atoms. The minimum atomic E-state index is -0.814. The number of carboxylic acids is 1. The summed E-state index contributed by atoms with van der Waals surface area (Å²) < 4.78 is 1.48. The van der Waals surface area contributed by atoms with Gasteiger partial charge in [-0.15, -0.1) is 5.10 Å². The first-order valence-corrected chi connectivity index (χ1v) is 6.79. The summed E-state index contributed by atoms with van der Waals surface area (Å²) in [6, 6.07) is 3.08. The third-order valence-electron chi connectivity index (χ3n) is 4.03. The highest BCUT2D eigenvalue weighted by Crippen LogP contribution is 2.40. The zero-order valence-corrected chi connectivity index (χ0v) is 11.3. The van der Waals surface area contributed by atoms with Crippen molar-refractivity contribution < 1.29 is 9.90 Å². The van der Waals surface area contributed by atoms with Gasteiger partial charge in [0.1, 0.15) is 0 Å². The molecule has 0 unspecified atom stereocenters. The number of hydrogen-bond donors (Lipinski definition) is 2. The molecule has 0 radical (unpaired) electrons. The summed E-state index contributed by atoms with van der Waals surface area (Å²) in [6.07, 6.45) is 4.55. The molecule has 0 atom stereocenters. The fourth-order valence-electron chi connectivity index (χ4n) is 2.88. The Labute approximate surface area is 119 Å². The molecular weight excluding hydrogens is 274 g/mol. The largest absolute Gasteiger partial charge is 0.481 e. The summed E-state index contributed by atoms with van der Waals surface area (Å²) in [5.74, 6) is -0.402. The molecule has 8 heteroatoms. The van der Waals surface area contributed by atoms with Crippen molar-refractivity contribution in [1.82, 2.24) is 25.2 Å². The normalized spacial score (nSPS) is 17.0. The highest BCUT2D eigenvalue weighted by atomic mass is 16.4. The number of aliphatic carboxylic acids is 1. The Morgan fingerprint density at radius 1 is 1.43 bits per heavy atom. The molecule has 110 valence electrons. The summed E-state index contributed by atoms with van der Waals surface area (Å²) in [4.78, 5) is 25.5. The number of nitrogens with zero attached hydrogens (tertiary/aromatic N) is 4. The Hall–Kier alpha value is -2.51. The highest BCUT2D eigenvalue weighted by molar-refractivity contribution is 5.75. The van der Waals surface area contributed by atoms with Crippen LogP contribution in [-0.2, 0) is 11.3 Å². The predicted octanol–water partition coefficient (Wildman–Crippen LogP) is 0.673. The molecular formula is C13H15N5O3. The summed E-state index contributed by atoms with van der Waals surface area (Å²) in [5.41, 5.74) is -0.496. The van der Waals surface area contributed by atoms with E-state index in [4.69, 9.17) is 0 Å². The average Bonchev–Trinajstić information content (AvgIpc) is 3.09. The number of nitrogens with one attached hydrogen (secondary N) is 1. The molecule has 8 nitrogen and oxygen atoms in total. The number of aromatic nitrogens is 5. The van der Waals surface area contributed by atoms with Gasteiger partial charge in [-0.3, -0.25) is 9.59 Å². The van der Waals surface area contributed by atoms with E-state index in [1.807, 2.05) is 0 Å². The van der Waals surface area contributed by atoms with Crippen molar-refractivity contribution in [3.63, 3.8) is 0 Å². The van der Waals surface area contributed by atoms with Crippen LogP contribution in [0.25, 0.3) is 11.4 Å². The predicted molar refractivity (Wildman–Crippen MR) is 72.4 cm³/mol. The van der Waals surface area contributed by atoms with E-state index in [0.29, 0.717) is 24.2 Å². The van der Waals surface area contributed by atoms with Gasteiger partial charge in [0.15, 0.2) is 5.82 Å². The molecule has 0 aromatic carbocycles. The Morgan fingerprint density at radius 3 is 2.86 bits per heavy atom. The van der Waals surface area contributed by atoms with Gasteiger partial charge in [-0.1, -0.05) is 12.8 Å². The molecule has 0 aliphatic heterocycles. The van der Waals surface area contributed by atoms with Crippen molar-refractivity contribution in [1.29, 1.82) is 0 Å². The highest BCUT2D eigenvalue weighted by Gasteiger charge is 2.42. The van der Waals surface area contributed by atoms with E-state index in [1.54, 1.807) is 6.07 Å². The van der Waals surface area contributed by atoms with Crippen LogP contribution in [0.2, 0.25) is 0 Å². The van der Waals surface area contributed by atoms with Crippen LogP contribution in [0.1, 0.15) is 25.7 Å². The Morgan fingerprint density at radius 2 is 2.19 bits per heavy atom. The summed E-state index contributed by atoms with van der Waals surface area (Å²) in [6.45, 7) is 0.220. The van der Waals surface area contributed by atoms with Crippen molar-refractivity contribution in [3.05, 3.63) is 28.7 Å². The van der Waals surface area contributed by atoms with Crippen LogP contribution >= 0.6 is 0 Å². The molecule has 1 saturated carbocycles. The monoisotopic (exact) mass is 289 g/mol. The van der Waals surface area contributed by atoms with E-state index in [9.17, 15) is 14.7 Å². The SMILES string of the molecule is O=C(O)C1(Cn2nnnc2-c2cc[nH]c(=O)c2)CCCC1. The van der Waals surface area contributed by atoms with Crippen molar-refractivity contribution in [2.45, 2.75) is 32.2 Å². The van der Waals surface area contributed by atoms with E-state index < -0.39 is 11.4 Å². The second-order valence-electron chi connectivity index (χ2n) is 5.39. The molecule has 2 aromatic heterocycles. The van der Waals surface area contributed by atoms with Crippen molar-refractivity contribution in [2.75, 3.05) is 0 Å². The maximum Gasteiger partial charge on any atom is 0.311 e. The van der Waals surface area contributed by atoms with Crippen molar-refractivity contribution in [2.24, 2.45) is 5.41 Å². The minimum Gasteiger partial charge on any atom is -0.481 e. The number of carboxylic acid groups (broad SMARTS) is 1. The Kier molecular flexibility index (Phi) is 3.28. The lowest BCUT2D eigenvalue weighted by molar-refractivity contribution is -0.149. The molecule has 0 spiro atoms. The number of pyridine rings is 1. The number of aromatic amines is 1. The van der Waals surface area contributed by atoms with Gasteiger partial charge in [0.05, 0.1) is 12.0 Å². The van der Waals surface area contributed by atoms with Gasteiger partial charge in [0.2, 0.25) is 5.56 Å². The maximum absolute atomic E-state index is 11.6. The van der Waals surface area contributed by atoms with Gasteiger partial charge in [-0.25, -0.2) is 4.68 Å². The molecule has 2 aromatic rings. The summed E-state index contributed by atoms with van der Waals surface area (Å²) >= 11 is 0. The fourth-order valence-corrected chi connectivity index (χ4v) is 2.88. The van der Waals surface area contributed by atoms with Gasteiger partial charge in [0.25, 0.3) is 0 Å². The third kappa shape index (κ3) is 2.44. The van der Waals surface area contributed by atoms with Gasteiger partial charge >= 0.3 is 5.97 Å². The van der Waals surface area contributed by atoms with Crippen LogP contribution in [-0.4, -0.2) is 36.3 Å². The average molecular weight is 289 g/mol. The van der Waals surface area contributed by atoms with Gasteiger partial charge in [-0.2, -0.15) is 0 Å². The number of rotatable bonds is 4. The zero-order chi connectivity index (χ0) is 14.9. The Balaban J connectivity index is 1.96. The maximum atomic E-state index is 11.6. The molecule has 0 bridgehead atoms. The van der Waals surface area contributed by atoms with Crippen LogP contribution < -0.4 is 5.56 Å². The zero-order valence-electron chi connectivity index (χ0n) is 11.3. The number of tetrazole rings is 1. The fraction of sp³-hybridized carbons (Fsp3) is 0.462. The quantitative estimate of drug-likeness (QED) is 0.855. The second-order valence-corrected chi connectivity index (χ2v) is 5.39. The second kappa shape index (κ2) is 5.12. The van der Waals surface area contributed by atoms with Gasteiger partial charge in [-0.05, 0) is 29.3 Å². The lowest BCUT2D eigenvalue weighted by atomic mass is 9.86. The molecule has 2 heterocycles. The van der Waals surface area contributed by atoms with Crippen LogP contribution in [0.3, 0.4) is 0 Å². The van der Waals surface area contributed by atoms with E-state index in [1.165, 1.54) is 16.9 Å². The van der Waals surface area contributed by atoms with Crippen molar-refractivity contribution in [3.8, 4) is 11.4 Å². The number of hydrogen-bond acceptors (Lipinski definition) is 5. The first-order chi connectivity index (χ1) is 10.1. The number of carbonyl (C=O) groups is 1. The number of H-pyrrole nitrogens is 1. The Bertz CT molecular complexity index is 714. The molecule has 1 aliphatic rings. The van der Waals surface area contributed by atoms with Gasteiger partial charge < -0.3 is 10.1 Å². The summed E-state index contributed by atoms with van der Waals surface area (Å²) in [5, 5.41) is 21.0. The molecule has 3 rings (SSSR count). The van der Waals surface area contributed by atoms with Crippen molar-refractivity contribution >= 4 is 5.97 Å². The third-order valence-corrected chi connectivity index (χ3v) is 4.03. The minimum absolute atomic E-state index is 0.220. The van der Waals surface area contributed by atoms with Gasteiger partial charge in [0, 0.05) is 17.8 Å². The lowest BCUT2D eigenvalue weighted by Gasteiger charge is -2.23. The lowest BCUT2D eigenvalue weighted by Crippen LogP contribution is -2.33. The van der Waals surface area contributed by atoms with Crippen LogP contribution in [0.4, 0.5) is 0 Å². The van der Waals surface area contributed by atoms with E-state index in [0.717, 1.165) is 12.8 Å². The molecule has 1 aliphatic carbocycles. The topological polar surface area (TPSA) is 114 Å². The first kappa shape index (κ1) is 13.5. The van der Waals surface area contributed by atoms with E-state index in [2.05, 4.69) is 20.5 Å². The molecule has 0 amide bonds. The van der Waals surface area contributed by atoms with E-state index >= 15 is 0 Å². The van der Waals surface area contributed by atoms with Crippen LogP contribution in [0.15, 0.2) is 23.1 Å². The van der Waals surface area contributed by atoms with E-state index in [-0.39, 0.29) is 12.1 Å². The van der Waals surface area contributed by atoms with Crippen LogP contribution in [0, 0.1) is 5.41 Å². The smallest absolute Gasteiger partial charge is 0.311 e. The summed E-state index contributed by atoms with van der Waals surface area (Å²) in [7, 11) is 0. The molecule has 0 saturated heterocycles. The standard InChI is InChI=1S/C13H15N5O3/c19-10-7-9(3-6-14-10)11-15-16-17-18(11)8-13(12(20)21)4-1-2-5-13/h3,6-7H,1-2,4-5,8H2,(H,14,19)(H,20,21). The van der Waals surface area contributed by atoms with Crippen LogP contribution in [0.5, 0.6) is 0 Å². The molecule has 2 N–H and O–H groups in total. The first-order valence-electron chi connectivity index (χ1n) is 6.79.